The Bertz CT molecular complexity index is 393. The van der Waals surface area contributed by atoms with Crippen LogP contribution in [-0.4, -0.2) is 70.5 Å². The topological polar surface area (TPSA) is 92.8 Å². The van der Waals surface area contributed by atoms with Gasteiger partial charge in [0.2, 0.25) is 5.91 Å². The second-order valence-electron chi connectivity index (χ2n) is 4.17. The lowest BCUT2D eigenvalue weighted by molar-refractivity contribution is -0.145. The fourth-order valence-electron chi connectivity index (χ4n) is 1.29. The van der Waals surface area contributed by atoms with E-state index in [4.69, 9.17) is 0 Å². The Hall–Kier alpha value is -1.15. The summed E-state index contributed by atoms with van der Waals surface area (Å²) in [5.74, 6) is -0.907. The lowest BCUT2D eigenvalue weighted by atomic mass is 10.2. The lowest BCUT2D eigenvalue weighted by Crippen LogP contribution is -2.48. The number of carbonyl (C=O) groups is 2. The van der Waals surface area contributed by atoms with Crippen molar-refractivity contribution in [2.75, 3.05) is 39.3 Å². The summed E-state index contributed by atoms with van der Waals surface area (Å²) in [6, 6.07) is -0.794. The fraction of sp³-hybridized carbons (Fsp3) is 0.800. The number of nitrogens with one attached hydrogen (secondary N) is 1. The van der Waals surface area contributed by atoms with Crippen molar-refractivity contribution in [2.45, 2.75) is 13.0 Å². The van der Waals surface area contributed by atoms with E-state index in [2.05, 4.69) is 10.1 Å². The van der Waals surface area contributed by atoms with Gasteiger partial charge in [-0.25, -0.2) is 13.2 Å². The van der Waals surface area contributed by atoms with Crippen molar-refractivity contribution in [3.8, 4) is 0 Å². The predicted octanol–water partition coefficient (Wildman–Crippen LogP) is -1.36. The monoisotopic (exact) mass is 280 g/mol. The van der Waals surface area contributed by atoms with Gasteiger partial charge in [0.05, 0.1) is 12.9 Å². The second kappa shape index (κ2) is 7.32. The minimum Gasteiger partial charge on any atom is -0.467 e. The highest BCUT2D eigenvalue weighted by atomic mass is 32.2. The van der Waals surface area contributed by atoms with Crippen molar-refractivity contribution in [3.05, 3.63) is 0 Å². The van der Waals surface area contributed by atoms with E-state index in [9.17, 15) is 18.0 Å². The Morgan fingerprint density at radius 3 is 2.33 bits per heavy atom. The molecule has 18 heavy (non-hydrogen) atoms. The quantitative estimate of drug-likeness (QED) is 0.579. The van der Waals surface area contributed by atoms with Crippen LogP contribution in [0.5, 0.6) is 0 Å². The maximum absolute atomic E-state index is 11.4. The first-order valence-corrected chi connectivity index (χ1v) is 7.43. The molecule has 1 amide bonds. The Morgan fingerprint density at radius 2 is 1.94 bits per heavy atom. The molecule has 0 aliphatic rings. The zero-order valence-electron chi connectivity index (χ0n) is 11.1. The van der Waals surface area contributed by atoms with Gasteiger partial charge in [-0.3, -0.25) is 4.79 Å². The Labute approximate surface area is 107 Å². The molecule has 0 spiro atoms. The van der Waals surface area contributed by atoms with Crippen LogP contribution >= 0.6 is 0 Å². The molecule has 8 heteroatoms. The smallest absolute Gasteiger partial charge is 0.329 e. The minimum absolute atomic E-state index is 0.00252. The lowest BCUT2D eigenvalue weighted by Gasteiger charge is -2.22. The van der Waals surface area contributed by atoms with Crippen LogP contribution in [0.3, 0.4) is 0 Å². The molecule has 0 aromatic heterocycles. The van der Waals surface area contributed by atoms with E-state index in [0.717, 1.165) is 6.26 Å². The SMILES string of the molecule is COC(=O)C(CN(C)CCS(C)(=O)=O)NC(C)=O. The first-order valence-electron chi connectivity index (χ1n) is 5.37. The second-order valence-corrected chi connectivity index (χ2v) is 6.43. The number of methoxy groups -OCH3 is 1. The van der Waals surface area contributed by atoms with Crippen molar-refractivity contribution in [2.24, 2.45) is 0 Å². The third-order valence-corrected chi connectivity index (χ3v) is 3.13. The number of esters is 1. The zero-order chi connectivity index (χ0) is 14.3. The van der Waals surface area contributed by atoms with E-state index in [1.54, 1.807) is 11.9 Å². The third kappa shape index (κ3) is 8.02. The maximum atomic E-state index is 11.4. The van der Waals surface area contributed by atoms with Crippen LogP contribution in [0.15, 0.2) is 0 Å². The molecule has 7 nitrogen and oxygen atoms in total. The Kier molecular flexibility index (Phi) is 6.85. The summed E-state index contributed by atoms with van der Waals surface area (Å²) in [5, 5.41) is 2.45. The van der Waals surface area contributed by atoms with Crippen molar-refractivity contribution < 1.29 is 22.7 Å². The average Bonchev–Trinajstić information content (AvgIpc) is 2.22. The standard InChI is InChI=1S/C10H20N2O5S/c1-8(13)11-9(10(14)17-3)7-12(2)5-6-18(4,15)16/h9H,5-7H2,1-4H3,(H,11,13). The summed E-state index contributed by atoms with van der Waals surface area (Å²) in [6.45, 7) is 1.78. The van der Waals surface area contributed by atoms with Crippen LogP contribution < -0.4 is 5.32 Å². The van der Waals surface area contributed by atoms with Gasteiger partial charge in [0.15, 0.2) is 0 Å². The molecule has 0 fully saturated rings. The number of hydrogen-bond donors (Lipinski definition) is 1. The predicted molar refractivity (Wildman–Crippen MR) is 66.8 cm³/mol. The van der Waals surface area contributed by atoms with E-state index in [0.29, 0.717) is 0 Å². The van der Waals surface area contributed by atoms with Crippen LogP contribution in [0.4, 0.5) is 0 Å². The summed E-state index contributed by atoms with van der Waals surface area (Å²) in [7, 11) is -0.150. The Balaban J connectivity index is 4.39. The summed E-state index contributed by atoms with van der Waals surface area (Å²) in [6.07, 6.45) is 1.15. The van der Waals surface area contributed by atoms with Crippen LogP contribution in [0.25, 0.3) is 0 Å². The molecule has 0 bridgehead atoms. The molecule has 106 valence electrons. The molecule has 0 heterocycles. The molecule has 1 unspecified atom stereocenters. The normalized spacial score (nSPS) is 13.2. The highest BCUT2D eigenvalue weighted by Crippen LogP contribution is 1.95. The summed E-state index contributed by atoms with van der Waals surface area (Å²) < 4.78 is 26.6. The van der Waals surface area contributed by atoms with Gasteiger partial charge in [-0.15, -0.1) is 0 Å². The van der Waals surface area contributed by atoms with Crippen LogP contribution in [0.2, 0.25) is 0 Å². The molecule has 0 radical (unpaired) electrons. The maximum Gasteiger partial charge on any atom is 0.329 e. The molecular weight excluding hydrogens is 260 g/mol. The molecule has 1 N–H and O–H groups in total. The summed E-state index contributed by atoms with van der Waals surface area (Å²) >= 11 is 0. The molecule has 0 aliphatic carbocycles. The fourth-order valence-corrected chi connectivity index (χ4v) is 1.93. The van der Waals surface area contributed by atoms with Crippen molar-refractivity contribution >= 4 is 21.7 Å². The van der Waals surface area contributed by atoms with Crippen LogP contribution in [0, 0.1) is 0 Å². The highest BCUT2D eigenvalue weighted by molar-refractivity contribution is 7.90. The van der Waals surface area contributed by atoms with Gasteiger partial charge in [0, 0.05) is 26.3 Å². The number of sulfone groups is 1. The van der Waals surface area contributed by atoms with Gasteiger partial charge in [-0.1, -0.05) is 0 Å². The molecule has 0 saturated carbocycles. The van der Waals surface area contributed by atoms with Gasteiger partial charge in [0.25, 0.3) is 0 Å². The van der Waals surface area contributed by atoms with Gasteiger partial charge in [-0.05, 0) is 7.05 Å². The van der Waals surface area contributed by atoms with Crippen molar-refractivity contribution in [1.82, 2.24) is 10.2 Å². The van der Waals surface area contributed by atoms with E-state index in [-0.39, 0.29) is 24.7 Å². The number of carbonyl (C=O) groups excluding carboxylic acids is 2. The van der Waals surface area contributed by atoms with Crippen molar-refractivity contribution in [3.63, 3.8) is 0 Å². The zero-order valence-corrected chi connectivity index (χ0v) is 11.9. The molecule has 0 aromatic carbocycles. The number of likely N-dealkylation sites (N-methyl/N-ethyl adjacent to an activating group) is 1. The molecule has 0 rings (SSSR count). The van der Waals surface area contributed by atoms with E-state index in [1.807, 2.05) is 0 Å². The number of ether oxygens (including phenoxy) is 1. The number of amides is 1. The van der Waals surface area contributed by atoms with Gasteiger partial charge in [0.1, 0.15) is 15.9 Å². The van der Waals surface area contributed by atoms with Gasteiger partial charge < -0.3 is 15.0 Å². The van der Waals surface area contributed by atoms with Crippen LogP contribution in [-0.2, 0) is 24.2 Å². The summed E-state index contributed by atoms with van der Waals surface area (Å²) in [4.78, 5) is 24.0. The molecular formula is C10H20N2O5S. The van der Waals surface area contributed by atoms with Gasteiger partial charge >= 0.3 is 5.97 Å². The average molecular weight is 280 g/mol. The molecule has 0 aromatic rings. The van der Waals surface area contributed by atoms with E-state index in [1.165, 1.54) is 14.0 Å². The summed E-state index contributed by atoms with van der Waals surface area (Å²) in [5.41, 5.74) is 0. The first-order chi connectivity index (χ1) is 8.15. The number of hydrogen-bond acceptors (Lipinski definition) is 6. The van der Waals surface area contributed by atoms with E-state index >= 15 is 0 Å². The molecule has 0 aliphatic heterocycles. The highest BCUT2D eigenvalue weighted by Gasteiger charge is 2.22. The largest absolute Gasteiger partial charge is 0.467 e. The van der Waals surface area contributed by atoms with E-state index < -0.39 is 21.8 Å². The van der Waals surface area contributed by atoms with Gasteiger partial charge in [-0.2, -0.15) is 0 Å². The first kappa shape index (κ1) is 16.9. The minimum atomic E-state index is -3.05. The number of nitrogens with zero attached hydrogens (tertiary/aromatic N) is 1. The Morgan fingerprint density at radius 1 is 1.39 bits per heavy atom. The molecule has 0 saturated heterocycles. The van der Waals surface area contributed by atoms with Crippen LogP contribution in [0.1, 0.15) is 6.92 Å². The van der Waals surface area contributed by atoms with Crippen molar-refractivity contribution in [1.29, 1.82) is 0 Å². The molecule has 1 atom stereocenters. The number of rotatable bonds is 7. The third-order valence-electron chi connectivity index (χ3n) is 2.20.